The first kappa shape index (κ1) is 19.7. The van der Waals surface area contributed by atoms with Gasteiger partial charge in [0.1, 0.15) is 5.54 Å². The van der Waals surface area contributed by atoms with Gasteiger partial charge in [0.2, 0.25) is 5.91 Å². The highest BCUT2D eigenvalue weighted by Gasteiger charge is 2.53. The van der Waals surface area contributed by atoms with Crippen LogP contribution in [0.4, 0.5) is 0 Å². The van der Waals surface area contributed by atoms with Crippen LogP contribution in [0, 0.1) is 20.8 Å². The van der Waals surface area contributed by atoms with Gasteiger partial charge < -0.3 is 9.80 Å². The Morgan fingerprint density at radius 1 is 0.966 bits per heavy atom. The maximum atomic E-state index is 13.7. The zero-order chi connectivity index (χ0) is 20.6. The molecule has 2 aromatic rings. The zero-order valence-electron chi connectivity index (χ0n) is 17.7. The first-order valence-electron chi connectivity index (χ1n) is 10.7. The third kappa shape index (κ3) is 3.45. The Morgan fingerprint density at radius 3 is 2.24 bits per heavy atom. The highest BCUT2D eigenvalue weighted by atomic mass is 16.2. The number of nitrogens with zero attached hydrogens (tertiary/aromatic N) is 2. The van der Waals surface area contributed by atoms with Gasteiger partial charge in [0, 0.05) is 25.2 Å². The van der Waals surface area contributed by atoms with E-state index in [4.69, 9.17) is 0 Å². The Labute approximate surface area is 173 Å². The molecule has 0 N–H and O–H groups in total. The number of hydrogen-bond donors (Lipinski definition) is 0. The summed E-state index contributed by atoms with van der Waals surface area (Å²) in [5.41, 5.74) is 4.39. The number of carbonyl (C=O) groups is 2. The fraction of sp³-hybridized carbons (Fsp3) is 0.440. The number of piperidine rings is 1. The summed E-state index contributed by atoms with van der Waals surface area (Å²) in [7, 11) is 0. The van der Waals surface area contributed by atoms with Gasteiger partial charge in [-0.15, -0.1) is 0 Å². The Morgan fingerprint density at radius 2 is 1.59 bits per heavy atom. The smallest absolute Gasteiger partial charge is 0.255 e. The van der Waals surface area contributed by atoms with Crippen LogP contribution in [0.1, 0.15) is 58.3 Å². The minimum atomic E-state index is -0.673. The molecule has 1 spiro atoms. The van der Waals surface area contributed by atoms with E-state index in [1.54, 1.807) is 0 Å². The van der Waals surface area contributed by atoms with Gasteiger partial charge in [0.05, 0.1) is 0 Å². The van der Waals surface area contributed by atoms with E-state index in [2.05, 4.69) is 31.2 Å². The quantitative estimate of drug-likeness (QED) is 0.779. The van der Waals surface area contributed by atoms with Crippen LogP contribution >= 0.6 is 0 Å². The molecule has 0 bridgehead atoms. The zero-order valence-corrected chi connectivity index (χ0v) is 17.7. The monoisotopic (exact) mass is 390 g/mol. The molecule has 2 aliphatic heterocycles. The standard InChI is InChI=1S/C25H30N2O2/c1-18-15-19(2)22(20(3)16-18)23(28)27-14-8-12-25(27)11-7-13-26(24(25)29)17-21-9-5-4-6-10-21/h4-6,9-10,15-16H,7-8,11-14,17H2,1-3H3. The van der Waals surface area contributed by atoms with Crippen molar-refractivity contribution in [2.45, 2.75) is 58.5 Å². The van der Waals surface area contributed by atoms with Gasteiger partial charge in [0.25, 0.3) is 5.91 Å². The van der Waals surface area contributed by atoms with Crippen LogP contribution < -0.4 is 0 Å². The van der Waals surface area contributed by atoms with Crippen LogP contribution in [0.3, 0.4) is 0 Å². The molecule has 4 nitrogen and oxygen atoms in total. The summed E-state index contributed by atoms with van der Waals surface area (Å²) in [5, 5.41) is 0. The van der Waals surface area contributed by atoms with Gasteiger partial charge in [-0.3, -0.25) is 9.59 Å². The Balaban J connectivity index is 1.64. The Kier molecular flexibility index (Phi) is 5.20. The number of likely N-dealkylation sites (tertiary alicyclic amines) is 2. The van der Waals surface area contributed by atoms with E-state index in [1.807, 2.05) is 41.8 Å². The fourth-order valence-electron chi connectivity index (χ4n) is 5.33. The van der Waals surface area contributed by atoms with Crippen LogP contribution in [0.2, 0.25) is 0 Å². The lowest BCUT2D eigenvalue weighted by molar-refractivity contribution is -0.146. The van der Waals surface area contributed by atoms with Crippen molar-refractivity contribution in [3.8, 4) is 0 Å². The summed E-state index contributed by atoms with van der Waals surface area (Å²) in [6.07, 6.45) is 3.37. The van der Waals surface area contributed by atoms with Crippen LogP contribution in [-0.4, -0.2) is 40.2 Å². The predicted molar refractivity (Wildman–Crippen MR) is 115 cm³/mol. The third-order valence-corrected chi connectivity index (χ3v) is 6.54. The second-order valence-electron chi connectivity index (χ2n) is 8.68. The van der Waals surface area contributed by atoms with Crippen molar-refractivity contribution in [3.05, 3.63) is 70.3 Å². The molecule has 2 aromatic carbocycles. The summed E-state index contributed by atoms with van der Waals surface area (Å²) in [6, 6.07) is 14.3. The summed E-state index contributed by atoms with van der Waals surface area (Å²) >= 11 is 0. The molecule has 0 aliphatic carbocycles. The van der Waals surface area contributed by atoms with E-state index < -0.39 is 5.54 Å². The summed E-state index contributed by atoms with van der Waals surface area (Å²) in [5.74, 6) is 0.147. The van der Waals surface area contributed by atoms with Crippen molar-refractivity contribution >= 4 is 11.8 Å². The maximum Gasteiger partial charge on any atom is 0.255 e. The molecule has 2 saturated heterocycles. The molecule has 2 fully saturated rings. The number of carbonyl (C=O) groups excluding carboxylic acids is 2. The van der Waals surface area contributed by atoms with Crippen LogP contribution in [-0.2, 0) is 11.3 Å². The normalized spacial score (nSPS) is 21.8. The van der Waals surface area contributed by atoms with Crippen LogP contribution in [0.15, 0.2) is 42.5 Å². The van der Waals surface area contributed by atoms with Crippen LogP contribution in [0.25, 0.3) is 0 Å². The van der Waals surface area contributed by atoms with E-state index >= 15 is 0 Å². The van der Waals surface area contributed by atoms with E-state index in [-0.39, 0.29) is 11.8 Å². The molecule has 2 heterocycles. The number of amides is 2. The molecule has 4 heteroatoms. The summed E-state index contributed by atoms with van der Waals surface area (Å²) in [4.78, 5) is 31.2. The van der Waals surface area contributed by atoms with E-state index in [1.165, 1.54) is 0 Å². The van der Waals surface area contributed by atoms with E-state index in [0.717, 1.165) is 60.0 Å². The van der Waals surface area contributed by atoms with E-state index in [9.17, 15) is 9.59 Å². The first-order valence-corrected chi connectivity index (χ1v) is 10.7. The molecule has 4 rings (SSSR count). The topological polar surface area (TPSA) is 40.6 Å². The van der Waals surface area contributed by atoms with Gasteiger partial charge in [-0.1, -0.05) is 48.0 Å². The lowest BCUT2D eigenvalue weighted by Crippen LogP contribution is -2.61. The van der Waals surface area contributed by atoms with Crippen LogP contribution in [0.5, 0.6) is 0 Å². The molecular weight excluding hydrogens is 360 g/mol. The highest BCUT2D eigenvalue weighted by molar-refractivity contribution is 6.02. The molecule has 1 unspecified atom stereocenters. The average Bonchev–Trinajstić information content (AvgIpc) is 3.10. The average molecular weight is 391 g/mol. The molecule has 2 aliphatic rings. The lowest BCUT2D eigenvalue weighted by atomic mass is 9.84. The summed E-state index contributed by atoms with van der Waals surface area (Å²) in [6.45, 7) is 8.10. The van der Waals surface area contributed by atoms with Crippen molar-refractivity contribution in [3.63, 3.8) is 0 Å². The Bertz CT molecular complexity index is 914. The second kappa shape index (κ2) is 7.66. The minimum Gasteiger partial charge on any atom is -0.336 e. The fourth-order valence-corrected chi connectivity index (χ4v) is 5.33. The van der Waals surface area contributed by atoms with Gasteiger partial charge in [-0.05, 0) is 63.1 Å². The molecule has 152 valence electrons. The molecular formula is C25H30N2O2. The maximum absolute atomic E-state index is 13.7. The summed E-state index contributed by atoms with van der Waals surface area (Å²) < 4.78 is 0. The minimum absolute atomic E-state index is 0.0208. The second-order valence-corrected chi connectivity index (χ2v) is 8.68. The number of aryl methyl sites for hydroxylation is 3. The van der Waals surface area contributed by atoms with E-state index in [0.29, 0.717) is 13.1 Å². The molecule has 0 saturated carbocycles. The highest BCUT2D eigenvalue weighted by Crippen LogP contribution is 2.40. The largest absolute Gasteiger partial charge is 0.336 e. The van der Waals surface area contributed by atoms with Gasteiger partial charge in [0.15, 0.2) is 0 Å². The van der Waals surface area contributed by atoms with Gasteiger partial charge in [-0.25, -0.2) is 0 Å². The Hall–Kier alpha value is -2.62. The molecule has 0 radical (unpaired) electrons. The van der Waals surface area contributed by atoms with Crippen molar-refractivity contribution in [2.24, 2.45) is 0 Å². The van der Waals surface area contributed by atoms with Crippen molar-refractivity contribution in [1.29, 1.82) is 0 Å². The molecule has 0 aromatic heterocycles. The van der Waals surface area contributed by atoms with Crippen molar-refractivity contribution in [1.82, 2.24) is 9.80 Å². The number of benzene rings is 2. The third-order valence-electron chi connectivity index (χ3n) is 6.54. The van der Waals surface area contributed by atoms with Crippen molar-refractivity contribution in [2.75, 3.05) is 13.1 Å². The first-order chi connectivity index (χ1) is 13.9. The predicted octanol–water partition coefficient (Wildman–Crippen LogP) is 4.41. The molecule has 29 heavy (non-hydrogen) atoms. The molecule has 1 atom stereocenters. The van der Waals surface area contributed by atoms with Gasteiger partial charge in [-0.2, -0.15) is 0 Å². The molecule has 2 amide bonds. The lowest BCUT2D eigenvalue weighted by Gasteiger charge is -2.45. The van der Waals surface area contributed by atoms with Gasteiger partial charge >= 0.3 is 0 Å². The number of hydrogen-bond acceptors (Lipinski definition) is 2. The number of rotatable bonds is 3. The van der Waals surface area contributed by atoms with Crippen molar-refractivity contribution < 1.29 is 9.59 Å². The SMILES string of the molecule is Cc1cc(C)c(C(=O)N2CCCC23CCCN(Cc2ccccc2)C3=O)c(C)c1.